The van der Waals surface area contributed by atoms with Crippen LogP contribution in [0.2, 0.25) is 5.02 Å². The highest BCUT2D eigenvalue weighted by Gasteiger charge is 2.38. The van der Waals surface area contributed by atoms with E-state index >= 15 is 0 Å². The average Bonchev–Trinajstić information content (AvgIpc) is 2.72. The number of nitrogens with one attached hydrogen (secondary N) is 1. The van der Waals surface area contributed by atoms with E-state index in [4.69, 9.17) is 11.6 Å². The number of rotatable bonds is 3. The molecule has 2 heterocycles. The quantitative estimate of drug-likeness (QED) is 0.624. The topological polar surface area (TPSA) is 82.6 Å². The molecule has 1 saturated heterocycles. The summed E-state index contributed by atoms with van der Waals surface area (Å²) in [6, 6.07) is 3.00. The van der Waals surface area contributed by atoms with Gasteiger partial charge in [0.1, 0.15) is 5.82 Å². The lowest BCUT2D eigenvalue weighted by molar-refractivity contribution is -0.140. The van der Waals surface area contributed by atoms with Crippen molar-refractivity contribution in [2.45, 2.75) is 17.2 Å². The van der Waals surface area contributed by atoms with Crippen LogP contribution in [0.4, 0.5) is 37.0 Å². The van der Waals surface area contributed by atoms with Crippen LogP contribution in [0, 0.1) is 0 Å². The van der Waals surface area contributed by atoms with Crippen LogP contribution in [0.5, 0.6) is 0 Å². The molecule has 2 amide bonds. The average molecular weight is 517 g/mol. The zero-order valence-corrected chi connectivity index (χ0v) is 18.0. The fraction of sp³-hybridized carbons (Fsp3) is 0.333. The molecule has 0 unspecified atom stereocenters. The Labute approximate surface area is 189 Å². The Kier molecular flexibility index (Phi) is 6.71. The van der Waals surface area contributed by atoms with E-state index in [1.54, 1.807) is 4.72 Å². The van der Waals surface area contributed by atoms with Crippen molar-refractivity contribution in [2.24, 2.45) is 0 Å². The molecule has 1 aromatic carbocycles. The van der Waals surface area contributed by atoms with Crippen molar-refractivity contribution < 1.29 is 39.6 Å². The molecule has 15 heteroatoms. The van der Waals surface area contributed by atoms with E-state index in [2.05, 4.69) is 4.98 Å². The SMILES string of the molecule is O=C(NS(=O)(=O)c1ccccc1C(F)(F)F)N1CCN(c2ncc(C(F)(F)F)cc2Cl)CC1. The Morgan fingerprint density at radius 1 is 1.00 bits per heavy atom. The first-order valence-electron chi connectivity index (χ1n) is 9.16. The van der Waals surface area contributed by atoms with Crippen LogP contribution < -0.4 is 9.62 Å². The number of carbonyl (C=O) groups is 1. The van der Waals surface area contributed by atoms with Crippen molar-refractivity contribution in [3.63, 3.8) is 0 Å². The third kappa shape index (κ3) is 5.61. The second-order valence-corrected chi connectivity index (χ2v) is 8.96. The van der Waals surface area contributed by atoms with Gasteiger partial charge in [-0.25, -0.2) is 22.9 Å². The first kappa shape index (κ1) is 24.9. The van der Waals surface area contributed by atoms with Crippen molar-refractivity contribution in [1.29, 1.82) is 0 Å². The molecule has 0 aliphatic carbocycles. The van der Waals surface area contributed by atoms with Gasteiger partial charge in [-0.1, -0.05) is 23.7 Å². The van der Waals surface area contributed by atoms with Gasteiger partial charge in [0.05, 0.1) is 21.0 Å². The third-order valence-corrected chi connectivity index (χ3v) is 6.38. The van der Waals surface area contributed by atoms with Gasteiger partial charge in [-0.2, -0.15) is 26.3 Å². The number of sulfonamides is 1. The summed E-state index contributed by atoms with van der Waals surface area (Å²) in [6.45, 7) is -0.0714. The standard InChI is InChI=1S/C18H15ClF6N4O3S/c19-13-9-11(17(20,21)22)10-26-15(13)28-5-7-29(8-6-28)16(30)27-33(31,32)14-4-2-1-3-12(14)18(23,24)25/h1-4,9-10H,5-8H2,(H,27,30). The van der Waals surface area contributed by atoms with Gasteiger partial charge in [0.2, 0.25) is 0 Å². The van der Waals surface area contributed by atoms with Gasteiger partial charge >= 0.3 is 18.4 Å². The summed E-state index contributed by atoms with van der Waals surface area (Å²) in [7, 11) is -4.83. The molecule has 1 N–H and O–H groups in total. The highest BCUT2D eigenvalue weighted by atomic mass is 35.5. The summed E-state index contributed by atoms with van der Waals surface area (Å²) in [5.74, 6) is 0.0523. The summed E-state index contributed by atoms with van der Waals surface area (Å²) in [5, 5.41) is -0.255. The molecule has 1 aromatic heterocycles. The van der Waals surface area contributed by atoms with E-state index in [9.17, 15) is 39.6 Å². The molecule has 2 aromatic rings. The van der Waals surface area contributed by atoms with E-state index in [0.717, 1.165) is 23.1 Å². The van der Waals surface area contributed by atoms with Crippen LogP contribution in [0.15, 0.2) is 41.4 Å². The third-order valence-electron chi connectivity index (χ3n) is 4.72. The van der Waals surface area contributed by atoms with E-state index in [1.165, 1.54) is 4.90 Å². The summed E-state index contributed by atoms with van der Waals surface area (Å²) >= 11 is 5.91. The van der Waals surface area contributed by atoms with Gasteiger partial charge in [0.25, 0.3) is 10.0 Å². The van der Waals surface area contributed by atoms with Crippen molar-refractivity contribution >= 4 is 33.5 Å². The molecule has 1 aliphatic rings. The van der Waals surface area contributed by atoms with Crippen LogP contribution in [0.1, 0.15) is 11.1 Å². The van der Waals surface area contributed by atoms with E-state index < -0.39 is 44.4 Å². The van der Waals surface area contributed by atoms with Crippen molar-refractivity contribution in [3.8, 4) is 0 Å². The van der Waals surface area contributed by atoms with Gasteiger partial charge in [-0.3, -0.25) is 0 Å². The monoisotopic (exact) mass is 516 g/mol. The fourth-order valence-electron chi connectivity index (χ4n) is 3.11. The van der Waals surface area contributed by atoms with E-state index in [0.29, 0.717) is 18.3 Å². The minimum Gasteiger partial charge on any atom is -0.352 e. The van der Waals surface area contributed by atoms with Crippen LogP contribution in [0.25, 0.3) is 0 Å². The number of aromatic nitrogens is 1. The first-order chi connectivity index (χ1) is 15.2. The number of hydrogen-bond donors (Lipinski definition) is 1. The smallest absolute Gasteiger partial charge is 0.352 e. The number of piperazine rings is 1. The highest BCUT2D eigenvalue weighted by Crippen LogP contribution is 2.35. The molecule has 0 saturated carbocycles. The molecule has 0 bridgehead atoms. The number of halogens is 7. The fourth-order valence-corrected chi connectivity index (χ4v) is 4.60. The zero-order valence-electron chi connectivity index (χ0n) is 16.4. The maximum absolute atomic E-state index is 13.1. The molecule has 0 radical (unpaired) electrons. The molecular weight excluding hydrogens is 502 g/mol. The number of alkyl halides is 6. The minimum atomic E-state index is -4.95. The Hall–Kier alpha value is -2.74. The largest absolute Gasteiger partial charge is 0.417 e. The Morgan fingerprint density at radius 2 is 1.61 bits per heavy atom. The second-order valence-electron chi connectivity index (χ2n) is 6.91. The highest BCUT2D eigenvalue weighted by molar-refractivity contribution is 7.90. The Morgan fingerprint density at radius 3 is 2.15 bits per heavy atom. The number of hydrogen-bond acceptors (Lipinski definition) is 5. The number of anilines is 1. The summed E-state index contributed by atoms with van der Waals surface area (Å²) in [4.78, 5) is 17.6. The predicted molar refractivity (Wildman–Crippen MR) is 105 cm³/mol. The zero-order chi connectivity index (χ0) is 24.6. The maximum atomic E-state index is 13.1. The molecule has 33 heavy (non-hydrogen) atoms. The number of urea groups is 1. The van der Waals surface area contributed by atoms with Crippen molar-refractivity contribution in [1.82, 2.24) is 14.6 Å². The number of carbonyl (C=O) groups excluding carboxylic acids is 1. The molecule has 7 nitrogen and oxygen atoms in total. The lowest BCUT2D eigenvalue weighted by Crippen LogP contribution is -2.53. The van der Waals surface area contributed by atoms with Crippen LogP contribution in [-0.2, 0) is 22.4 Å². The summed E-state index contributed by atoms with van der Waals surface area (Å²) in [6.07, 6.45) is -8.96. The lowest BCUT2D eigenvalue weighted by atomic mass is 10.2. The Bertz CT molecular complexity index is 1150. The van der Waals surface area contributed by atoms with E-state index in [-0.39, 0.29) is 37.0 Å². The molecule has 1 fully saturated rings. The number of amides is 2. The number of benzene rings is 1. The van der Waals surface area contributed by atoms with Gasteiger partial charge in [0, 0.05) is 32.4 Å². The van der Waals surface area contributed by atoms with E-state index in [1.807, 2.05) is 0 Å². The van der Waals surface area contributed by atoms with Gasteiger partial charge < -0.3 is 9.80 Å². The summed E-state index contributed by atoms with van der Waals surface area (Å²) < 4.78 is 104. The molecule has 0 atom stereocenters. The minimum absolute atomic E-state index is 0.0463. The lowest BCUT2D eigenvalue weighted by Gasteiger charge is -2.35. The van der Waals surface area contributed by atoms with Gasteiger partial charge in [-0.05, 0) is 18.2 Å². The summed E-state index contributed by atoms with van der Waals surface area (Å²) in [5.41, 5.74) is -2.45. The first-order valence-corrected chi connectivity index (χ1v) is 11.0. The molecule has 180 valence electrons. The second kappa shape index (κ2) is 8.89. The van der Waals surface area contributed by atoms with Gasteiger partial charge in [-0.15, -0.1) is 0 Å². The predicted octanol–water partition coefficient (Wildman–Crippen LogP) is 3.99. The van der Waals surface area contributed by atoms with Gasteiger partial charge in [0.15, 0.2) is 0 Å². The molecule has 3 rings (SSSR count). The molecule has 1 aliphatic heterocycles. The molecular formula is C18H15ClF6N4O3S. The normalized spacial score (nSPS) is 15.5. The number of nitrogens with zero attached hydrogens (tertiary/aromatic N) is 3. The van der Waals surface area contributed by atoms with Crippen LogP contribution >= 0.6 is 11.6 Å². The Balaban J connectivity index is 1.68. The van der Waals surface area contributed by atoms with Crippen molar-refractivity contribution in [3.05, 3.63) is 52.7 Å². The molecule has 0 spiro atoms. The number of pyridine rings is 1. The van der Waals surface area contributed by atoms with Crippen molar-refractivity contribution in [2.75, 3.05) is 31.1 Å². The van der Waals surface area contributed by atoms with Crippen LogP contribution in [0.3, 0.4) is 0 Å². The maximum Gasteiger partial charge on any atom is 0.417 e. The van der Waals surface area contributed by atoms with Crippen LogP contribution in [-0.4, -0.2) is 50.5 Å².